The van der Waals surface area contributed by atoms with Gasteiger partial charge in [-0.3, -0.25) is 0 Å². The summed E-state index contributed by atoms with van der Waals surface area (Å²) in [6.07, 6.45) is 0. The number of hydrogen-bond acceptors (Lipinski definition) is 2. The van der Waals surface area contributed by atoms with Crippen molar-refractivity contribution < 1.29 is 10.2 Å². The maximum Gasteiger partial charge on any atom is 0.124 e. The molecule has 0 aliphatic rings. The Morgan fingerprint density at radius 2 is 0.750 bits per heavy atom. The van der Waals surface area contributed by atoms with Crippen molar-refractivity contribution in [2.45, 2.75) is 0 Å². The number of rotatable bonds is 0. The molecule has 9 aromatic rings. The van der Waals surface area contributed by atoms with Crippen molar-refractivity contribution in [3.05, 3.63) is 109 Å². The third-order valence-corrected chi connectivity index (χ3v) is 8.93. The second kappa shape index (κ2) is 7.11. The van der Waals surface area contributed by atoms with Crippen molar-refractivity contribution in [2.24, 2.45) is 0 Å². The van der Waals surface area contributed by atoms with Gasteiger partial charge in [0.15, 0.2) is 0 Å². The Morgan fingerprint density at radius 1 is 0.375 bits per heavy atom. The van der Waals surface area contributed by atoms with Crippen LogP contribution in [0.2, 0.25) is 0 Å². The van der Waals surface area contributed by atoms with Crippen LogP contribution in [-0.4, -0.2) is 10.2 Å². The second-order valence-corrected chi connectivity index (χ2v) is 10.7. The molecule has 0 saturated heterocycles. The van der Waals surface area contributed by atoms with E-state index in [1.807, 2.05) is 36.4 Å². The number of phenolic OH excluding ortho intramolecular Hbond substituents is 2. The summed E-state index contributed by atoms with van der Waals surface area (Å²) in [5, 5.41) is 40.9. The topological polar surface area (TPSA) is 40.5 Å². The maximum atomic E-state index is 11.7. The van der Waals surface area contributed by atoms with Gasteiger partial charge in [-0.15, -0.1) is 11.5 Å². The Labute approximate surface area is 227 Å². The van der Waals surface area contributed by atoms with E-state index in [4.69, 9.17) is 0 Å². The molecule has 0 fully saturated rings. The lowest BCUT2D eigenvalue weighted by Crippen LogP contribution is -2.05. The zero-order chi connectivity index (χ0) is 26.9. The van der Waals surface area contributed by atoms with Crippen LogP contribution in [0.1, 0.15) is 0 Å². The van der Waals surface area contributed by atoms with Crippen molar-refractivity contribution in [2.75, 3.05) is 0 Å². The molecule has 9 aromatic carbocycles. The van der Waals surface area contributed by atoms with Gasteiger partial charge in [-0.05, 0) is 76.8 Å². The molecule has 0 aliphatic carbocycles. The molecule has 0 radical (unpaired) electrons. The van der Waals surface area contributed by atoms with Gasteiger partial charge in [0.1, 0.15) is 11.5 Å². The summed E-state index contributed by atoms with van der Waals surface area (Å²) in [6.45, 7) is 8.05. The molecule has 0 aromatic heterocycles. The van der Waals surface area contributed by atoms with E-state index in [1.165, 1.54) is 0 Å². The summed E-state index contributed by atoms with van der Waals surface area (Å²) < 4.78 is 0. The van der Waals surface area contributed by atoms with Crippen molar-refractivity contribution >= 4 is 97.6 Å². The van der Waals surface area contributed by atoms with Crippen LogP contribution >= 0.6 is 0 Å². The summed E-state index contributed by atoms with van der Waals surface area (Å²) in [7, 11) is 0. The van der Waals surface area contributed by atoms with E-state index in [0.717, 1.165) is 85.8 Å². The third-order valence-electron chi connectivity index (χ3n) is 8.93. The Balaban J connectivity index is 1.69. The highest BCUT2D eigenvalue weighted by atomic mass is 16.3. The second-order valence-electron chi connectivity index (χ2n) is 10.7. The molecule has 0 atom stereocenters. The average Bonchev–Trinajstić information content (AvgIpc) is 2.99. The Kier molecular flexibility index (Phi) is 3.81. The van der Waals surface area contributed by atoms with Gasteiger partial charge >= 0.3 is 0 Å². The van der Waals surface area contributed by atoms with Crippen LogP contribution in [0.15, 0.2) is 98.1 Å². The van der Waals surface area contributed by atoms with E-state index < -0.39 is 0 Å². The van der Waals surface area contributed by atoms with Gasteiger partial charge in [-0.2, -0.15) is 0 Å². The first-order chi connectivity index (χ1) is 19.6. The van der Waals surface area contributed by atoms with Crippen LogP contribution in [0.4, 0.5) is 0 Å². The molecule has 2 nitrogen and oxygen atoms in total. The zero-order valence-electron chi connectivity index (χ0n) is 21.4. The fourth-order valence-electron chi connectivity index (χ4n) is 7.44. The van der Waals surface area contributed by atoms with Gasteiger partial charge in [0.25, 0.3) is 0 Å². The van der Waals surface area contributed by atoms with E-state index in [0.29, 0.717) is 10.8 Å². The van der Waals surface area contributed by atoms with Crippen molar-refractivity contribution in [3.8, 4) is 11.5 Å². The number of fused-ring (bicyclic) bond motifs is 6. The molecule has 0 spiro atoms. The maximum absolute atomic E-state index is 11.7. The highest BCUT2D eigenvalue weighted by molar-refractivity contribution is 6.44. The SMILES string of the molecule is C=C=c1c2ccccc2c2cc(O)c3c4c(O)cc5c6ccccc6c(=C=C)c6ccc(c7ccc1c2c73)c4c65. The Bertz CT molecular complexity index is 2580. The van der Waals surface area contributed by atoms with Crippen LogP contribution in [0.3, 0.4) is 0 Å². The van der Waals surface area contributed by atoms with Crippen LogP contribution in [-0.2, 0) is 0 Å². The lowest BCUT2D eigenvalue weighted by Gasteiger charge is -2.21. The van der Waals surface area contributed by atoms with Crippen molar-refractivity contribution in [1.82, 2.24) is 0 Å². The molecule has 0 heterocycles. The first-order valence-corrected chi connectivity index (χ1v) is 13.3. The van der Waals surface area contributed by atoms with Gasteiger partial charge in [0.05, 0.1) is 0 Å². The molecule has 9 rings (SSSR count). The van der Waals surface area contributed by atoms with Crippen molar-refractivity contribution in [3.63, 3.8) is 0 Å². The largest absolute Gasteiger partial charge is 0.507 e. The highest BCUT2D eigenvalue weighted by Gasteiger charge is 2.24. The van der Waals surface area contributed by atoms with Gasteiger partial charge in [-0.25, -0.2) is 0 Å². The Hall–Kier alpha value is -5.52. The van der Waals surface area contributed by atoms with Gasteiger partial charge in [0.2, 0.25) is 0 Å². The standard InChI is InChI=1S/C38H20O2/c1-3-19-21-9-5-7-11-23(21)29-17-31(39)37-35-27(15-13-25(19)33(29)35)28-16-14-26-20(4-2)22-10-6-8-12-24(22)30-18-32(40)38(37)36(28)34(26)30/h5-18,39-40H,1-2H2. The molecule has 184 valence electrons. The summed E-state index contributed by atoms with van der Waals surface area (Å²) >= 11 is 0. The molecular weight excluding hydrogens is 488 g/mol. The van der Waals surface area contributed by atoms with E-state index >= 15 is 0 Å². The van der Waals surface area contributed by atoms with Crippen LogP contribution in [0.25, 0.3) is 97.6 Å². The predicted octanol–water partition coefficient (Wildman–Crippen LogP) is 8.33. The van der Waals surface area contributed by atoms with Crippen LogP contribution < -0.4 is 10.4 Å². The molecule has 0 unspecified atom stereocenters. The monoisotopic (exact) mass is 508 g/mol. The molecule has 2 N–H and O–H groups in total. The third kappa shape index (κ3) is 2.29. The smallest absolute Gasteiger partial charge is 0.124 e. The van der Waals surface area contributed by atoms with Crippen molar-refractivity contribution in [1.29, 1.82) is 0 Å². The van der Waals surface area contributed by atoms with Crippen LogP contribution in [0, 0.1) is 0 Å². The summed E-state index contributed by atoms with van der Waals surface area (Å²) in [4.78, 5) is 0. The van der Waals surface area contributed by atoms with Gasteiger partial charge in [0, 0.05) is 32.0 Å². The molecule has 0 aliphatic heterocycles. The first kappa shape index (κ1) is 21.4. The fraction of sp³-hybridized carbons (Fsp3) is 0. The van der Waals surface area contributed by atoms with E-state index in [-0.39, 0.29) is 11.5 Å². The number of hydrogen-bond donors (Lipinski definition) is 2. The summed E-state index contributed by atoms with van der Waals surface area (Å²) in [5.41, 5.74) is 6.38. The minimum absolute atomic E-state index is 0.152. The molecule has 2 heteroatoms. The van der Waals surface area contributed by atoms with E-state index in [1.54, 1.807) is 0 Å². The predicted molar refractivity (Wildman–Crippen MR) is 170 cm³/mol. The van der Waals surface area contributed by atoms with Gasteiger partial charge < -0.3 is 10.2 Å². The summed E-state index contributed by atoms with van der Waals surface area (Å²) in [5.74, 6) is 0.304. The van der Waals surface area contributed by atoms with E-state index in [9.17, 15) is 10.2 Å². The Morgan fingerprint density at radius 3 is 1.15 bits per heavy atom. The number of aromatic hydroxyl groups is 2. The van der Waals surface area contributed by atoms with E-state index in [2.05, 4.69) is 73.2 Å². The fourth-order valence-corrected chi connectivity index (χ4v) is 7.44. The first-order valence-electron chi connectivity index (χ1n) is 13.3. The molecule has 40 heavy (non-hydrogen) atoms. The molecule has 0 amide bonds. The minimum atomic E-state index is 0.152. The minimum Gasteiger partial charge on any atom is -0.507 e. The molecule has 0 bridgehead atoms. The average molecular weight is 509 g/mol. The van der Waals surface area contributed by atoms with Gasteiger partial charge in [-0.1, -0.05) is 86.0 Å². The highest BCUT2D eigenvalue weighted by Crippen LogP contribution is 2.51. The lowest BCUT2D eigenvalue weighted by atomic mass is 9.82. The lowest BCUT2D eigenvalue weighted by molar-refractivity contribution is 0.478. The van der Waals surface area contributed by atoms with Crippen LogP contribution in [0.5, 0.6) is 11.5 Å². The zero-order valence-corrected chi connectivity index (χ0v) is 21.4. The number of benzene rings is 9. The normalized spacial score (nSPS) is 12.2. The molecule has 0 saturated carbocycles. The molecular formula is C38H20O2. The summed E-state index contributed by atoms with van der Waals surface area (Å²) in [6, 6.07) is 28.7. The number of phenols is 2. The quantitative estimate of drug-likeness (QED) is 0.160.